The monoisotopic (exact) mass is 353 g/mol. The van der Waals surface area contributed by atoms with E-state index in [1.807, 2.05) is 6.07 Å². The third-order valence-electron chi connectivity index (χ3n) is 3.61. The second kappa shape index (κ2) is 7.03. The van der Waals surface area contributed by atoms with E-state index in [0.717, 1.165) is 6.07 Å². The van der Waals surface area contributed by atoms with Crippen molar-refractivity contribution in [2.75, 3.05) is 11.5 Å². The van der Waals surface area contributed by atoms with Crippen molar-refractivity contribution in [3.63, 3.8) is 0 Å². The van der Waals surface area contributed by atoms with Crippen LogP contribution < -0.4 is 16.2 Å². The first-order valence-electron chi connectivity index (χ1n) is 7.49. The van der Waals surface area contributed by atoms with Crippen molar-refractivity contribution >= 4 is 11.8 Å². The first kappa shape index (κ1) is 17.1. The van der Waals surface area contributed by atoms with Crippen LogP contribution in [0.2, 0.25) is 0 Å². The van der Waals surface area contributed by atoms with Gasteiger partial charge in [0, 0.05) is 11.1 Å². The van der Waals surface area contributed by atoms with Gasteiger partial charge in [0.1, 0.15) is 29.9 Å². The van der Waals surface area contributed by atoms with E-state index < -0.39 is 11.6 Å². The summed E-state index contributed by atoms with van der Waals surface area (Å²) in [5.41, 5.74) is 11.9. The smallest absolute Gasteiger partial charge is 0.222 e. The lowest BCUT2D eigenvalue weighted by Crippen LogP contribution is -2.05. The molecule has 3 aromatic rings. The number of benzene rings is 2. The van der Waals surface area contributed by atoms with E-state index in [0.29, 0.717) is 5.56 Å². The Morgan fingerprint density at radius 1 is 1.04 bits per heavy atom. The zero-order valence-corrected chi connectivity index (χ0v) is 13.4. The summed E-state index contributed by atoms with van der Waals surface area (Å²) in [4.78, 5) is 7.67. The minimum atomic E-state index is -0.696. The minimum Gasteiger partial charge on any atom is -0.486 e. The molecule has 0 unspecified atom stereocenters. The van der Waals surface area contributed by atoms with Gasteiger partial charge < -0.3 is 16.2 Å². The Balaban J connectivity index is 1.89. The number of halogens is 2. The highest BCUT2D eigenvalue weighted by molar-refractivity contribution is 5.73. The summed E-state index contributed by atoms with van der Waals surface area (Å²) in [5, 5.41) is 9.21. The molecule has 0 radical (unpaired) electrons. The quantitative estimate of drug-likeness (QED) is 0.746. The molecule has 2 aromatic carbocycles. The molecule has 0 aliphatic heterocycles. The van der Waals surface area contributed by atoms with Gasteiger partial charge in [-0.2, -0.15) is 10.2 Å². The van der Waals surface area contributed by atoms with E-state index in [1.54, 1.807) is 18.2 Å². The van der Waals surface area contributed by atoms with Gasteiger partial charge in [0.25, 0.3) is 0 Å². The summed E-state index contributed by atoms with van der Waals surface area (Å²) in [6, 6.07) is 11.9. The zero-order valence-electron chi connectivity index (χ0n) is 13.4. The molecule has 1 aromatic heterocycles. The first-order chi connectivity index (χ1) is 12.5. The number of hydrogen-bond acceptors (Lipinski definition) is 6. The maximum absolute atomic E-state index is 14.4. The zero-order chi connectivity index (χ0) is 18.7. The van der Waals surface area contributed by atoms with E-state index in [1.165, 1.54) is 18.2 Å². The largest absolute Gasteiger partial charge is 0.486 e. The summed E-state index contributed by atoms with van der Waals surface area (Å²) in [5.74, 6) is -1.41. The average molecular weight is 353 g/mol. The van der Waals surface area contributed by atoms with Crippen LogP contribution in [-0.2, 0) is 6.61 Å². The molecule has 0 spiro atoms. The van der Waals surface area contributed by atoms with Crippen LogP contribution in [-0.4, -0.2) is 9.97 Å². The van der Waals surface area contributed by atoms with Gasteiger partial charge in [0.15, 0.2) is 11.6 Å². The maximum Gasteiger partial charge on any atom is 0.222 e. The molecule has 0 aliphatic rings. The Labute approximate surface area is 147 Å². The molecule has 6 nitrogen and oxygen atoms in total. The molecule has 0 atom stereocenters. The van der Waals surface area contributed by atoms with Gasteiger partial charge in [-0.3, -0.25) is 0 Å². The fourth-order valence-electron chi connectivity index (χ4n) is 2.35. The molecule has 4 N–H and O–H groups in total. The van der Waals surface area contributed by atoms with Crippen molar-refractivity contribution in [2.45, 2.75) is 6.61 Å². The van der Waals surface area contributed by atoms with Crippen LogP contribution in [0.5, 0.6) is 5.75 Å². The standard InChI is InChI=1S/C18H13F2N5O/c19-13-4-2-1-3-11(13)9-26-15-6-5-10(7-14(15)20)16-12(8-21)17(22)25-18(23)24-16/h1-7H,9H2,(H4,22,23,24,25). The molecule has 3 rings (SSSR count). The van der Waals surface area contributed by atoms with Crippen LogP contribution in [0, 0.1) is 23.0 Å². The van der Waals surface area contributed by atoms with E-state index in [2.05, 4.69) is 9.97 Å². The molecule has 26 heavy (non-hydrogen) atoms. The second-order valence-electron chi connectivity index (χ2n) is 5.33. The molecular weight excluding hydrogens is 340 g/mol. The number of nitrogens with zero attached hydrogens (tertiary/aromatic N) is 3. The highest BCUT2D eigenvalue weighted by atomic mass is 19.1. The molecule has 0 saturated heterocycles. The molecule has 1 heterocycles. The van der Waals surface area contributed by atoms with Crippen molar-refractivity contribution < 1.29 is 13.5 Å². The lowest BCUT2D eigenvalue weighted by atomic mass is 10.1. The minimum absolute atomic E-state index is 0.00127. The summed E-state index contributed by atoms with van der Waals surface area (Å²) < 4.78 is 33.3. The van der Waals surface area contributed by atoms with E-state index in [4.69, 9.17) is 16.2 Å². The third kappa shape index (κ3) is 3.37. The highest BCUT2D eigenvalue weighted by Gasteiger charge is 2.15. The molecule has 0 saturated carbocycles. The predicted octanol–water partition coefficient (Wildman–Crippen LogP) is 3.04. The maximum atomic E-state index is 14.4. The van der Waals surface area contributed by atoms with Crippen molar-refractivity contribution in [3.8, 4) is 23.1 Å². The molecule has 0 amide bonds. The molecule has 0 bridgehead atoms. The SMILES string of the molecule is N#Cc1c(N)nc(N)nc1-c1ccc(OCc2ccccc2F)c(F)c1. The van der Waals surface area contributed by atoms with Crippen LogP contribution in [0.25, 0.3) is 11.3 Å². The van der Waals surface area contributed by atoms with Gasteiger partial charge in [-0.1, -0.05) is 18.2 Å². The van der Waals surface area contributed by atoms with Gasteiger partial charge in [-0.25, -0.2) is 13.8 Å². The molecule has 0 aliphatic carbocycles. The highest BCUT2D eigenvalue weighted by Crippen LogP contribution is 2.29. The fraction of sp³-hybridized carbons (Fsp3) is 0.0556. The first-order valence-corrected chi connectivity index (χ1v) is 7.49. The van der Waals surface area contributed by atoms with Crippen molar-refractivity contribution in [2.24, 2.45) is 0 Å². The molecule has 8 heteroatoms. The second-order valence-corrected chi connectivity index (χ2v) is 5.33. The number of nitrogen functional groups attached to an aromatic ring is 2. The Kier molecular flexibility index (Phi) is 4.62. The molecule has 0 fully saturated rings. The Morgan fingerprint density at radius 3 is 2.50 bits per heavy atom. The Bertz CT molecular complexity index is 1020. The van der Waals surface area contributed by atoms with Crippen molar-refractivity contribution in [3.05, 3.63) is 65.2 Å². The van der Waals surface area contributed by atoms with Gasteiger partial charge in [-0.05, 0) is 24.3 Å². The molecule has 130 valence electrons. The van der Waals surface area contributed by atoms with Gasteiger partial charge >= 0.3 is 0 Å². The summed E-state index contributed by atoms with van der Waals surface area (Å²) in [6.45, 7) is -0.125. The number of ether oxygens (including phenoxy) is 1. The van der Waals surface area contributed by atoms with Crippen LogP contribution in [0.1, 0.15) is 11.1 Å². The lowest BCUT2D eigenvalue weighted by molar-refractivity contribution is 0.285. The number of nitrogens with two attached hydrogens (primary N) is 2. The Morgan fingerprint density at radius 2 is 1.81 bits per heavy atom. The average Bonchev–Trinajstić information content (AvgIpc) is 2.61. The fourth-order valence-corrected chi connectivity index (χ4v) is 2.35. The topological polar surface area (TPSA) is 111 Å². The van der Waals surface area contributed by atoms with E-state index in [9.17, 15) is 14.0 Å². The number of rotatable bonds is 4. The van der Waals surface area contributed by atoms with Gasteiger partial charge in [0.05, 0.1) is 5.69 Å². The normalized spacial score (nSPS) is 10.3. The predicted molar refractivity (Wildman–Crippen MR) is 91.7 cm³/mol. The summed E-state index contributed by atoms with van der Waals surface area (Å²) >= 11 is 0. The van der Waals surface area contributed by atoms with Gasteiger partial charge in [-0.15, -0.1) is 0 Å². The van der Waals surface area contributed by atoms with Crippen molar-refractivity contribution in [1.29, 1.82) is 5.26 Å². The summed E-state index contributed by atoms with van der Waals surface area (Å²) in [6.07, 6.45) is 0. The van der Waals surface area contributed by atoms with Crippen LogP contribution in [0.15, 0.2) is 42.5 Å². The van der Waals surface area contributed by atoms with Gasteiger partial charge in [0.2, 0.25) is 5.95 Å². The van der Waals surface area contributed by atoms with E-state index >= 15 is 0 Å². The van der Waals surface area contributed by atoms with E-state index in [-0.39, 0.29) is 40.9 Å². The number of nitriles is 1. The number of hydrogen-bond donors (Lipinski definition) is 2. The number of aromatic nitrogens is 2. The van der Waals surface area contributed by atoms with Crippen LogP contribution in [0.4, 0.5) is 20.5 Å². The Hall–Kier alpha value is -3.73. The van der Waals surface area contributed by atoms with Crippen molar-refractivity contribution in [1.82, 2.24) is 9.97 Å². The third-order valence-corrected chi connectivity index (χ3v) is 3.61. The summed E-state index contributed by atoms with van der Waals surface area (Å²) in [7, 11) is 0. The van der Waals surface area contributed by atoms with Crippen LogP contribution >= 0.6 is 0 Å². The molecular formula is C18H13F2N5O. The van der Waals surface area contributed by atoms with Crippen LogP contribution in [0.3, 0.4) is 0 Å². The lowest BCUT2D eigenvalue weighted by Gasteiger charge is -2.10. The number of anilines is 2.